The average molecular weight is 394 g/mol. The highest BCUT2D eigenvalue weighted by Gasteiger charge is 2.66. The molecule has 0 aromatic heterocycles. The molecule has 2 amide bonds. The van der Waals surface area contributed by atoms with Crippen molar-refractivity contribution in [3.63, 3.8) is 0 Å². The highest BCUT2D eigenvalue weighted by atomic mass is 19.1. The lowest BCUT2D eigenvalue weighted by molar-refractivity contribution is -0.128. The molecule has 0 unspecified atom stereocenters. The topological polar surface area (TPSA) is 58.6 Å². The molecule has 0 bridgehead atoms. The molecule has 2 aliphatic carbocycles. The van der Waals surface area contributed by atoms with E-state index >= 15 is 0 Å². The molecule has 0 spiro atoms. The van der Waals surface area contributed by atoms with Crippen LogP contribution in [0.3, 0.4) is 0 Å². The van der Waals surface area contributed by atoms with Gasteiger partial charge >= 0.3 is 0 Å². The van der Waals surface area contributed by atoms with Crippen LogP contribution in [0.15, 0.2) is 48.5 Å². The fourth-order valence-electron chi connectivity index (χ4n) is 4.45. The van der Waals surface area contributed by atoms with Gasteiger partial charge < -0.3 is 15.0 Å². The Balaban J connectivity index is 1.36. The molecular weight excluding hydrogens is 371 g/mol. The molecule has 1 heterocycles. The monoisotopic (exact) mass is 394 g/mol. The molecule has 0 saturated heterocycles. The molecule has 5 nitrogen and oxygen atoms in total. The number of para-hydroxylation sites is 1. The molecule has 2 fully saturated rings. The van der Waals surface area contributed by atoms with Gasteiger partial charge in [0.15, 0.2) is 0 Å². The first-order valence-corrected chi connectivity index (χ1v) is 10.2. The zero-order valence-corrected chi connectivity index (χ0v) is 16.1. The van der Waals surface area contributed by atoms with E-state index in [0.29, 0.717) is 12.2 Å². The lowest BCUT2D eigenvalue weighted by atomic mass is 9.91. The molecule has 3 aliphatic rings. The summed E-state index contributed by atoms with van der Waals surface area (Å²) in [6.45, 7) is 0.245. The van der Waals surface area contributed by atoms with Gasteiger partial charge in [0, 0.05) is 17.6 Å². The summed E-state index contributed by atoms with van der Waals surface area (Å²) in [7, 11) is 0. The van der Waals surface area contributed by atoms with Crippen molar-refractivity contribution in [1.82, 2.24) is 5.32 Å². The van der Waals surface area contributed by atoms with Crippen LogP contribution in [-0.4, -0.2) is 31.0 Å². The first kappa shape index (κ1) is 18.2. The van der Waals surface area contributed by atoms with Gasteiger partial charge in [-0.2, -0.15) is 0 Å². The van der Waals surface area contributed by atoms with Crippen molar-refractivity contribution in [2.75, 3.05) is 18.1 Å². The third-order valence-electron chi connectivity index (χ3n) is 6.43. The van der Waals surface area contributed by atoms with Crippen LogP contribution in [0.4, 0.5) is 10.1 Å². The summed E-state index contributed by atoms with van der Waals surface area (Å²) in [5, 5.41) is 3.02. The van der Waals surface area contributed by atoms with Crippen LogP contribution < -0.4 is 15.0 Å². The van der Waals surface area contributed by atoms with E-state index in [4.69, 9.17) is 4.74 Å². The van der Waals surface area contributed by atoms with Crippen LogP contribution in [0.5, 0.6) is 5.75 Å². The highest BCUT2D eigenvalue weighted by molar-refractivity contribution is 6.07. The van der Waals surface area contributed by atoms with Crippen LogP contribution in [-0.2, 0) is 9.59 Å². The number of amides is 2. The molecule has 1 aliphatic heterocycles. The third kappa shape index (κ3) is 3.16. The fraction of sp³-hybridized carbons (Fsp3) is 0.391. The first-order valence-electron chi connectivity index (χ1n) is 10.2. The van der Waals surface area contributed by atoms with Crippen LogP contribution in [0.25, 0.3) is 0 Å². The average Bonchev–Trinajstić information content (AvgIpc) is 3.44. The van der Waals surface area contributed by atoms with E-state index in [1.807, 2.05) is 24.3 Å². The van der Waals surface area contributed by atoms with Crippen molar-refractivity contribution in [2.24, 2.45) is 5.41 Å². The fourth-order valence-corrected chi connectivity index (χ4v) is 4.45. The Kier molecular flexibility index (Phi) is 4.30. The summed E-state index contributed by atoms with van der Waals surface area (Å²) in [6.07, 6.45) is 3.86. The maximum absolute atomic E-state index is 13.4. The van der Waals surface area contributed by atoms with E-state index in [1.165, 1.54) is 12.1 Å². The lowest BCUT2D eigenvalue weighted by Crippen LogP contribution is -2.50. The predicted molar refractivity (Wildman–Crippen MR) is 106 cm³/mol. The zero-order chi connectivity index (χ0) is 20.0. The second-order valence-electron chi connectivity index (χ2n) is 8.30. The van der Waals surface area contributed by atoms with Crippen LogP contribution >= 0.6 is 0 Å². The number of fused-ring (bicyclic) bond motifs is 3. The van der Waals surface area contributed by atoms with Crippen molar-refractivity contribution >= 4 is 17.5 Å². The van der Waals surface area contributed by atoms with Gasteiger partial charge in [-0.15, -0.1) is 0 Å². The Bertz CT molecular complexity index is 957. The Morgan fingerprint density at radius 2 is 1.93 bits per heavy atom. The molecule has 1 N–H and O–H groups in total. The molecule has 2 atom stereocenters. The van der Waals surface area contributed by atoms with Crippen LogP contribution in [0, 0.1) is 11.2 Å². The van der Waals surface area contributed by atoms with E-state index in [2.05, 4.69) is 5.32 Å². The van der Waals surface area contributed by atoms with Gasteiger partial charge in [-0.05, 0) is 61.6 Å². The molecule has 5 rings (SSSR count). The van der Waals surface area contributed by atoms with Crippen molar-refractivity contribution < 1.29 is 18.7 Å². The van der Waals surface area contributed by atoms with E-state index < -0.39 is 5.41 Å². The predicted octanol–water partition coefficient (Wildman–Crippen LogP) is 3.39. The Morgan fingerprint density at radius 3 is 2.66 bits per heavy atom. The first-order chi connectivity index (χ1) is 14.1. The number of hydrogen-bond donors (Lipinski definition) is 1. The summed E-state index contributed by atoms with van der Waals surface area (Å²) < 4.78 is 19.0. The summed E-state index contributed by atoms with van der Waals surface area (Å²) in [5.41, 5.74) is 1.26. The number of anilines is 1. The zero-order valence-electron chi connectivity index (χ0n) is 16.1. The number of benzene rings is 2. The van der Waals surface area contributed by atoms with Gasteiger partial charge in [0.2, 0.25) is 11.8 Å². The Morgan fingerprint density at radius 1 is 1.17 bits per heavy atom. The highest BCUT2D eigenvalue weighted by Crippen LogP contribution is 2.65. The van der Waals surface area contributed by atoms with E-state index in [9.17, 15) is 14.0 Å². The maximum Gasteiger partial charge on any atom is 0.240 e. The van der Waals surface area contributed by atoms with Crippen molar-refractivity contribution in [1.29, 1.82) is 0 Å². The molecule has 6 heteroatoms. The van der Waals surface area contributed by atoms with Gasteiger partial charge in [0.05, 0.1) is 5.41 Å². The molecule has 2 saturated carbocycles. The van der Waals surface area contributed by atoms with Gasteiger partial charge in [0.25, 0.3) is 0 Å². The smallest absolute Gasteiger partial charge is 0.240 e. The van der Waals surface area contributed by atoms with Crippen molar-refractivity contribution in [3.8, 4) is 5.75 Å². The number of nitrogens with one attached hydrogen (secondary N) is 1. The second-order valence-corrected chi connectivity index (χ2v) is 8.30. The molecule has 2 aromatic carbocycles. The SMILES string of the molecule is O=C(CN1C(=O)[C@@]2(COc3ccc(F)cc3)C[C@H]2c2ccccc21)NC1CCC1. The normalized spacial score (nSPS) is 24.9. The van der Waals surface area contributed by atoms with Crippen molar-refractivity contribution in [3.05, 3.63) is 59.9 Å². The lowest BCUT2D eigenvalue weighted by Gasteiger charge is -2.34. The Labute approximate surface area is 168 Å². The molecular formula is C23H23FN2O3. The van der Waals surface area contributed by atoms with Gasteiger partial charge in [-0.3, -0.25) is 9.59 Å². The quantitative estimate of drug-likeness (QED) is 0.817. The summed E-state index contributed by atoms with van der Waals surface area (Å²) >= 11 is 0. The standard InChI is InChI=1S/C23H23FN2O3/c24-15-8-10-17(11-9-15)29-14-23-12-19(23)18-6-1-2-7-20(18)26(22(23)28)13-21(27)25-16-4-3-5-16/h1-2,6-11,16,19H,3-5,12-14H2,(H,25,27)/t19-,23+/m0/s1. The number of halogens is 1. The van der Waals surface area contributed by atoms with Gasteiger partial charge in [-0.25, -0.2) is 4.39 Å². The number of carbonyl (C=O) groups excluding carboxylic acids is 2. The maximum atomic E-state index is 13.4. The number of rotatable bonds is 6. The number of ether oxygens (including phenoxy) is 1. The van der Waals surface area contributed by atoms with E-state index in [1.54, 1.807) is 17.0 Å². The Hall–Kier alpha value is -2.89. The minimum absolute atomic E-state index is 0.0252. The molecule has 2 aromatic rings. The van der Waals surface area contributed by atoms with Crippen LogP contribution in [0.1, 0.15) is 37.2 Å². The number of carbonyl (C=O) groups is 2. The largest absolute Gasteiger partial charge is 0.492 e. The summed E-state index contributed by atoms with van der Waals surface area (Å²) in [6, 6.07) is 13.8. The number of hydrogen-bond acceptors (Lipinski definition) is 3. The number of nitrogens with zero attached hydrogens (tertiary/aromatic N) is 1. The van der Waals surface area contributed by atoms with Crippen molar-refractivity contribution in [2.45, 2.75) is 37.6 Å². The summed E-state index contributed by atoms with van der Waals surface area (Å²) in [5.74, 6) is 0.120. The third-order valence-corrected chi connectivity index (χ3v) is 6.43. The minimum atomic E-state index is -0.653. The van der Waals surface area contributed by atoms with E-state index in [-0.39, 0.29) is 42.7 Å². The molecule has 150 valence electrons. The second kappa shape index (κ2) is 6.87. The molecule has 0 radical (unpaired) electrons. The summed E-state index contributed by atoms with van der Waals surface area (Å²) in [4.78, 5) is 27.6. The molecule has 29 heavy (non-hydrogen) atoms. The van der Waals surface area contributed by atoms with Gasteiger partial charge in [-0.1, -0.05) is 18.2 Å². The minimum Gasteiger partial charge on any atom is -0.492 e. The van der Waals surface area contributed by atoms with Gasteiger partial charge in [0.1, 0.15) is 24.7 Å². The van der Waals surface area contributed by atoms with Crippen LogP contribution in [0.2, 0.25) is 0 Å². The van der Waals surface area contributed by atoms with E-state index in [0.717, 1.165) is 30.5 Å².